The molecule has 0 aliphatic carbocycles. The van der Waals surface area contributed by atoms with E-state index in [2.05, 4.69) is 54.1 Å². The monoisotopic (exact) mass is 256 g/mol. The highest BCUT2D eigenvalue weighted by Crippen LogP contribution is 2.21. The predicted octanol–water partition coefficient (Wildman–Crippen LogP) is 5.15. The maximum absolute atomic E-state index is 3.18. The lowest BCUT2D eigenvalue weighted by molar-refractivity contribution is 1.23. The van der Waals surface area contributed by atoms with Crippen LogP contribution in [0.25, 0.3) is 5.57 Å². The van der Waals surface area contributed by atoms with Crippen molar-refractivity contribution < 1.29 is 0 Å². The number of allylic oxidation sites excluding steroid dienone is 1. The zero-order chi connectivity index (χ0) is 14.0. The van der Waals surface area contributed by atoms with E-state index in [1.165, 1.54) is 0 Å². The van der Waals surface area contributed by atoms with E-state index in [4.69, 9.17) is 0 Å². The molecule has 0 heterocycles. The van der Waals surface area contributed by atoms with E-state index in [1.807, 2.05) is 42.5 Å². The lowest BCUT2D eigenvalue weighted by atomic mass is 9.99. The molecule has 0 aliphatic heterocycles. The normalized spacial score (nSPS) is 8.65. The Morgan fingerprint density at radius 1 is 0.850 bits per heavy atom. The molecule has 0 bridgehead atoms. The smallest absolute Gasteiger partial charge is 0.0400 e. The van der Waals surface area contributed by atoms with Crippen LogP contribution in [0, 0.1) is 0 Å². The Bertz CT molecular complexity index is 669. The summed E-state index contributed by atoms with van der Waals surface area (Å²) in [6.07, 6.45) is 2.86. The van der Waals surface area contributed by atoms with Crippen molar-refractivity contribution in [3.05, 3.63) is 101 Å². The fourth-order valence-corrected chi connectivity index (χ4v) is 1.80. The third-order valence-corrected chi connectivity index (χ3v) is 2.75. The molecule has 0 aliphatic rings. The molecule has 0 N–H and O–H groups in total. The van der Waals surface area contributed by atoms with E-state index < -0.39 is 0 Å². The van der Waals surface area contributed by atoms with E-state index in [9.17, 15) is 0 Å². The lowest BCUT2D eigenvalue weighted by Crippen LogP contribution is -1.85. The summed E-state index contributed by atoms with van der Waals surface area (Å²) < 4.78 is 0. The summed E-state index contributed by atoms with van der Waals surface area (Å²) in [7, 11) is 0. The van der Waals surface area contributed by atoms with Crippen molar-refractivity contribution in [2.75, 3.05) is 0 Å². The minimum atomic E-state index is 0.947. The van der Waals surface area contributed by atoms with Gasteiger partial charge in [0.1, 0.15) is 0 Å². The quantitative estimate of drug-likeness (QED) is 0.666. The topological polar surface area (TPSA) is 0 Å². The van der Waals surface area contributed by atoms with E-state index >= 15 is 0 Å². The lowest BCUT2D eigenvalue weighted by Gasteiger charge is -2.04. The van der Waals surface area contributed by atoms with Crippen LogP contribution in [0.2, 0.25) is 0 Å². The largest absolute Gasteiger partial charge is 0.0652 e. The Morgan fingerprint density at radius 3 is 1.90 bits per heavy atom. The van der Waals surface area contributed by atoms with Crippen LogP contribution in [-0.2, 0) is 0 Å². The van der Waals surface area contributed by atoms with Crippen LogP contribution in [0.5, 0.6) is 0 Å². The molecule has 0 nitrogen and oxygen atoms in total. The van der Waals surface area contributed by atoms with Crippen molar-refractivity contribution in [3.63, 3.8) is 0 Å². The van der Waals surface area contributed by atoms with E-state index in [-0.39, 0.29) is 0 Å². The van der Waals surface area contributed by atoms with Crippen LogP contribution in [0.3, 0.4) is 0 Å². The molecule has 0 unspecified atom stereocenters. The summed E-state index contributed by atoms with van der Waals surface area (Å²) in [6, 6.07) is 20.4. The van der Waals surface area contributed by atoms with Gasteiger partial charge in [-0.2, -0.15) is 0 Å². The van der Waals surface area contributed by atoms with Crippen molar-refractivity contribution in [2.24, 2.45) is 0 Å². The van der Waals surface area contributed by atoms with Gasteiger partial charge in [-0.05, 0) is 35.1 Å². The van der Waals surface area contributed by atoms with Gasteiger partial charge in [0.25, 0.3) is 0 Å². The van der Waals surface area contributed by atoms with E-state index in [0.717, 1.165) is 23.1 Å². The van der Waals surface area contributed by atoms with Crippen molar-refractivity contribution in [1.29, 1.82) is 0 Å². The Balaban J connectivity index is 2.61. The zero-order valence-corrected chi connectivity index (χ0v) is 11.6. The molecule has 2 aromatic carbocycles. The second-order valence-corrected chi connectivity index (χ2v) is 4.24. The molecule has 0 saturated heterocycles. The van der Waals surface area contributed by atoms with Crippen LogP contribution >= 0.6 is 0 Å². The summed E-state index contributed by atoms with van der Waals surface area (Å²) in [4.78, 5) is 0. The minimum Gasteiger partial charge on any atom is -0.0652 e. The number of hydrogen-bond donors (Lipinski definition) is 0. The van der Waals surface area contributed by atoms with E-state index in [0.29, 0.717) is 0 Å². The zero-order valence-electron chi connectivity index (χ0n) is 11.6. The standard InChI is InChI=1S/C20H16/c1-2-3-4-5-12-17-20(18-13-8-6-9-14-18)19-15-10-7-11-16-19/h3,6-11,13-16H,2H2,1H3. The second-order valence-electron chi connectivity index (χ2n) is 4.24. The first-order valence-electron chi connectivity index (χ1n) is 6.73. The summed E-state index contributed by atoms with van der Waals surface area (Å²) in [5.74, 6) is 0. The Hall–Kier alpha value is -2.70. The van der Waals surface area contributed by atoms with Crippen molar-refractivity contribution in [2.45, 2.75) is 13.3 Å². The van der Waals surface area contributed by atoms with Gasteiger partial charge in [-0.1, -0.05) is 79.0 Å². The molecular formula is C20H16. The van der Waals surface area contributed by atoms with Crippen LogP contribution < -0.4 is 0 Å². The maximum Gasteiger partial charge on any atom is 0.0400 e. The number of rotatable bonds is 3. The van der Waals surface area contributed by atoms with Gasteiger partial charge in [0, 0.05) is 5.57 Å². The first-order valence-corrected chi connectivity index (χ1v) is 6.73. The molecule has 20 heavy (non-hydrogen) atoms. The minimum absolute atomic E-state index is 0.947. The van der Waals surface area contributed by atoms with Gasteiger partial charge in [-0.3, -0.25) is 0 Å². The molecule has 0 atom stereocenters. The van der Waals surface area contributed by atoms with Gasteiger partial charge < -0.3 is 0 Å². The summed E-state index contributed by atoms with van der Waals surface area (Å²) in [5, 5.41) is 0. The fraction of sp³-hybridized carbons (Fsp3) is 0.100. The summed E-state index contributed by atoms with van der Waals surface area (Å²) in [5.41, 5.74) is 15.2. The highest BCUT2D eigenvalue weighted by Gasteiger charge is 2.02. The van der Waals surface area contributed by atoms with Crippen molar-refractivity contribution >= 4 is 5.57 Å². The average molecular weight is 256 g/mol. The van der Waals surface area contributed by atoms with Gasteiger partial charge in [-0.15, -0.1) is 0 Å². The Labute approximate surface area is 120 Å². The first kappa shape index (κ1) is 13.7. The summed E-state index contributed by atoms with van der Waals surface area (Å²) >= 11 is 0. The second kappa shape index (κ2) is 7.67. The highest BCUT2D eigenvalue weighted by molar-refractivity contribution is 5.79. The Kier molecular flexibility index (Phi) is 5.27. The van der Waals surface area contributed by atoms with Crippen LogP contribution in [0.4, 0.5) is 0 Å². The molecule has 0 aromatic heterocycles. The van der Waals surface area contributed by atoms with Crippen LogP contribution in [0.15, 0.2) is 89.7 Å². The Morgan fingerprint density at radius 2 is 1.40 bits per heavy atom. The van der Waals surface area contributed by atoms with Crippen LogP contribution in [0.1, 0.15) is 24.5 Å². The molecular weight excluding hydrogens is 240 g/mol. The molecule has 0 amide bonds. The SMILES string of the molecule is CCC=C=C=C=C=C(c1ccccc1)c1ccccc1. The molecule has 2 aromatic rings. The van der Waals surface area contributed by atoms with Gasteiger partial charge >= 0.3 is 0 Å². The third-order valence-electron chi connectivity index (χ3n) is 2.75. The number of benzene rings is 2. The maximum atomic E-state index is 3.18. The van der Waals surface area contributed by atoms with Gasteiger partial charge in [-0.25, -0.2) is 0 Å². The average Bonchev–Trinajstić information content (AvgIpc) is 2.53. The van der Waals surface area contributed by atoms with Crippen molar-refractivity contribution in [1.82, 2.24) is 0 Å². The molecule has 2 rings (SSSR count). The molecule has 0 heteroatoms. The first-order chi connectivity index (χ1) is 9.92. The molecule has 96 valence electrons. The summed E-state index contributed by atoms with van der Waals surface area (Å²) in [6.45, 7) is 2.06. The highest BCUT2D eigenvalue weighted by atomic mass is 14.0. The molecule has 0 radical (unpaired) electrons. The third kappa shape index (κ3) is 3.91. The molecule has 0 fully saturated rings. The van der Waals surface area contributed by atoms with Crippen LogP contribution in [-0.4, -0.2) is 0 Å². The predicted molar refractivity (Wildman–Crippen MR) is 84.3 cm³/mol. The fourth-order valence-electron chi connectivity index (χ4n) is 1.80. The number of hydrogen-bond acceptors (Lipinski definition) is 0. The van der Waals surface area contributed by atoms with Gasteiger partial charge in [0.2, 0.25) is 0 Å². The van der Waals surface area contributed by atoms with Crippen molar-refractivity contribution in [3.8, 4) is 0 Å². The molecule has 0 saturated carbocycles. The van der Waals surface area contributed by atoms with Gasteiger partial charge in [0.05, 0.1) is 0 Å². The van der Waals surface area contributed by atoms with E-state index in [1.54, 1.807) is 0 Å². The molecule has 0 spiro atoms. The van der Waals surface area contributed by atoms with Gasteiger partial charge in [0.15, 0.2) is 0 Å².